The molecule has 0 aliphatic carbocycles. The molecular weight excluding hydrogens is 478 g/mol. The summed E-state index contributed by atoms with van der Waals surface area (Å²) in [5.74, 6) is 0.208. The number of guanidine groups is 1. The topological polar surface area (TPSA) is 108 Å². The molecule has 1 aliphatic rings. The van der Waals surface area contributed by atoms with Crippen LogP contribution in [-0.2, 0) is 17.9 Å². The molecule has 0 spiro atoms. The van der Waals surface area contributed by atoms with Crippen LogP contribution in [0, 0.1) is 12.8 Å². The normalized spacial score (nSPS) is 17.1. The second kappa shape index (κ2) is 12.2. The van der Waals surface area contributed by atoms with Crippen molar-refractivity contribution in [2.45, 2.75) is 73.0 Å². The zero-order valence-corrected chi connectivity index (χ0v) is 23.5. The number of benzene rings is 2. The van der Waals surface area contributed by atoms with Crippen molar-refractivity contribution in [3.05, 3.63) is 70.3 Å². The number of nitrogens with zero attached hydrogens (tertiary/aromatic N) is 3. The molecule has 0 saturated heterocycles. The number of carbonyl (C=O) groups is 3. The van der Waals surface area contributed by atoms with E-state index in [1.807, 2.05) is 58.0 Å². The van der Waals surface area contributed by atoms with Crippen molar-refractivity contribution in [2.24, 2.45) is 16.6 Å². The van der Waals surface area contributed by atoms with Gasteiger partial charge >= 0.3 is 0 Å². The molecule has 0 fully saturated rings. The summed E-state index contributed by atoms with van der Waals surface area (Å²) in [6, 6.07) is 13.0. The van der Waals surface area contributed by atoms with Crippen molar-refractivity contribution >= 4 is 23.7 Å². The smallest absolute Gasteiger partial charge is 0.257 e. The Morgan fingerprint density at radius 1 is 1.08 bits per heavy atom. The minimum absolute atomic E-state index is 0.0608. The first kappa shape index (κ1) is 28.9. The van der Waals surface area contributed by atoms with Crippen LogP contribution in [0.1, 0.15) is 84.9 Å². The van der Waals surface area contributed by atoms with E-state index in [1.165, 1.54) is 4.90 Å². The lowest BCUT2D eigenvalue weighted by molar-refractivity contribution is -0.131. The fourth-order valence-electron chi connectivity index (χ4n) is 4.96. The van der Waals surface area contributed by atoms with Crippen molar-refractivity contribution in [1.82, 2.24) is 15.1 Å². The number of rotatable bonds is 11. The zero-order valence-electron chi connectivity index (χ0n) is 23.5. The van der Waals surface area contributed by atoms with E-state index < -0.39 is 5.54 Å². The van der Waals surface area contributed by atoms with E-state index in [0.29, 0.717) is 49.6 Å². The predicted octanol–water partition coefficient (Wildman–Crippen LogP) is 4.26. The van der Waals surface area contributed by atoms with E-state index in [4.69, 9.17) is 5.73 Å². The molecule has 38 heavy (non-hydrogen) atoms. The number of aliphatic imine (C=N–C) groups is 1. The Morgan fingerprint density at radius 3 is 2.32 bits per heavy atom. The van der Waals surface area contributed by atoms with Crippen LogP contribution in [0.5, 0.6) is 0 Å². The molecule has 8 nitrogen and oxygen atoms in total. The van der Waals surface area contributed by atoms with E-state index >= 15 is 0 Å². The fourth-order valence-corrected chi connectivity index (χ4v) is 4.96. The molecule has 3 rings (SSSR count). The first-order chi connectivity index (χ1) is 18.0. The molecule has 204 valence electrons. The first-order valence-corrected chi connectivity index (χ1v) is 13.4. The van der Waals surface area contributed by atoms with Gasteiger partial charge in [-0.05, 0) is 74.4 Å². The monoisotopic (exact) mass is 519 g/mol. The highest BCUT2D eigenvalue weighted by molar-refractivity contribution is 6.06. The maximum Gasteiger partial charge on any atom is 0.257 e. The maximum absolute atomic E-state index is 13.0. The van der Waals surface area contributed by atoms with Crippen LogP contribution in [0.4, 0.5) is 0 Å². The SMILES string of the molecule is CCCN(CC)C(=O)c1cc(C)cc(C(=O)NCc2ccc(CN3C(=O)C(C)(CC(C)C)N=C3N)cc2)c1. The van der Waals surface area contributed by atoms with Crippen LogP contribution in [0.15, 0.2) is 47.5 Å². The van der Waals surface area contributed by atoms with Gasteiger partial charge in [-0.15, -0.1) is 0 Å². The summed E-state index contributed by atoms with van der Waals surface area (Å²) in [5, 5.41) is 2.95. The Bertz CT molecular complexity index is 1200. The van der Waals surface area contributed by atoms with Gasteiger partial charge in [0.2, 0.25) is 0 Å². The Hall–Kier alpha value is -3.68. The van der Waals surface area contributed by atoms with E-state index in [2.05, 4.69) is 24.2 Å². The van der Waals surface area contributed by atoms with E-state index in [0.717, 1.165) is 23.1 Å². The van der Waals surface area contributed by atoms with E-state index in [9.17, 15) is 14.4 Å². The minimum Gasteiger partial charge on any atom is -0.369 e. The van der Waals surface area contributed by atoms with Crippen LogP contribution < -0.4 is 11.1 Å². The van der Waals surface area contributed by atoms with Crippen molar-refractivity contribution in [3.8, 4) is 0 Å². The average molecular weight is 520 g/mol. The summed E-state index contributed by atoms with van der Waals surface area (Å²) >= 11 is 0. The number of hydrogen-bond donors (Lipinski definition) is 2. The molecule has 0 saturated carbocycles. The third kappa shape index (κ3) is 6.79. The van der Waals surface area contributed by atoms with Gasteiger partial charge in [-0.25, -0.2) is 4.99 Å². The Kier molecular flexibility index (Phi) is 9.31. The van der Waals surface area contributed by atoms with Gasteiger partial charge in [0.25, 0.3) is 17.7 Å². The molecule has 0 radical (unpaired) electrons. The molecule has 1 heterocycles. The minimum atomic E-state index is -0.812. The summed E-state index contributed by atoms with van der Waals surface area (Å²) in [6.45, 7) is 13.8. The Morgan fingerprint density at radius 2 is 1.71 bits per heavy atom. The van der Waals surface area contributed by atoms with Crippen molar-refractivity contribution in [3.63, 3.8) is 0 Å². The molecule has 2 aromatic rings. The van der Waals surface area contributed by atoms with Gasteiger partial charge in [-0.1, -0.05) is 45.0 Å². The lowest BCUT2D eigenvalue weighted by atomic mass is 9.91. The van der Waals surface area contributed by atoms with E-state index in [1.54, 1.807) is 17.0 Å². The molecule has 0 bridgehead atoms. The zero-order chi connectivity index (χ0) is 28.0. The Balaban J connectivity index is 1.62. The van der Waals surface area contributed by atoms with Gasteiger partial charge in [-0.2, -0.15) is 0 Å². The van der Waals surface area contributed by atoms with Crippen molar-refractivity contribution in [2.75, 3.05) is 13.1 Å². The standard InChI is InChI=1S/C30H41N5O3/c1-7-13-34(8-2)27(37)25-15-21(5)14-24(16-25)26(36)32-18-22-9-11-23(12-10-22)19-35-28(38)30(6,17-20(3)4)33-29(35)31/h9-12,14-16,20H,7-8,13,17-19H2,1-6H3,(H2,31,33)(H,32,36). The number of amides is 3. The molecule has 2 aromatic carbocycles. The predicted molar refractivity (Wildman–Crippen MR) is 151 cm³/mol. The van der Waals surface area contributed by atoms with Gasteiger partial charge < -0.3 is 16.0 Å². The summed E-state index contributed by atoms with van der Waals surface area (Å²) in [6.07, 6.45) is 1.53. The largest absolute Gasteiger partial charge is 0.369 e. The molecule has 1 atom stereocenters. The van der Waals surface area contributed by atoms with Gasteiger partial charge in [-0.3, -0.25) is 19.3 Å². The third-order valence-electron chi connectivity index (χ3n) is 6.72. The number of nitrogens with two attached hydrogens (primary N) is 1. The average Bonchev–Trinajstić information content (AvgIpc) is 3.07. The Labute approximate surface area is 226 Å². The molecule has 1 aliphatic heterocycles. The quantitative estimate of drug-likeness (QED) is 0.462. The summed E-state index contributed by atoms with van der Waals surface area (Å²) in [4.78, 5) is 46.6. The fraction of sp³-hybridized carbons (Fsp3) is 0.467. The maximum atomic E-state index is 13.0. The molecular formula is C30H41N5O3. The number of nitrogens with one attached hydrogen (secondary N) is 1. The summed E-state index contributed by atoms with van der Waals surface area (Å²) in [5.41, 5.74) is 8.98. The summed E-state index contributed by atoms with van der Waals surface area (Å²) < 4.78 is 0. The highest BCUT2D eigenvalue weighted by Gasteiger charge is 2.44. The second-order valence-electron chi connectivity index (χ2n) is 10.7. The van der Waals surface area contributed by atoms with Crippen molar-refractivity contribution in [1.29, 1.82) is 0 Å². The van der Waals surface area contributed by atoms with E-state index in [-0.39, 0.29) is 23.7 Å². The molecule has 1 unspecified atom stereocenters. The lowest BCUT2D eigenvalue weighted by Crippen LogP contribution is -2.43. The highest BCUT2D eigenvalue weighted by atomic mass is 16.2. The van der Waals surface area contributed by atoms with Crippen LogP contribution >= 0.6 is 0 Å². The van der Waals surface area contributed by atoms with Crippen molar-refractivity contribution < 1.29 is 14.4 Å². The van der Waals surface area contributed by atoms with Crippen LogP contribution in [0.3, 0.4) is 0 Å². The molecule has 3 amide bonds. The van der Waals surface area contributed by atoms with Crippen LogP contribution in [-0.4, -0.2) is 52.1 Å². The number of carbonyl (C=O) groups excluding carboxylic acids is 3. The third-order valence-corrected chi connectivity index (χ3v) is 6.72. The lowest BCUT2D eigenvalue weighted by Gasteiger charge is -2.23. The highest BCUT2D eigenvalue weighted by Crippen LogP contribution is 2.29. The number of aryl methyl sites for hydroxylation is 1. The van der Waals surface area contributed by atoms with Gasteiger partial charge in [0.05, 0.1) is 6.54 Å². The molecule has 3 N–H and O–H groups in total. The first-order valence-electron chi connectivity index (χ1n) is 13.4. The van der Waals surface area contributed by atoms with Crippen LogP contribution in [0.2, 0.25) is 0 Å². The number of hydrogen-bond acceptors (Lipinski definition) is 5. The molecule has 8 heteroatoms. The van der Waals surface area contributed by atoms with Gasteiger partial charge in [0, 0.05) is 30.8 Å². The van der Waals surface area contributed by atoms with Gasteiger partial charge in [0.1, 0.15) is 5.54 Å². The molecule has 0 aromatic heterocycles. The van der Waals surface area contributed by atoms with Crippen LogP contribution in [0.25, 0.3) is 0 Å². The second-order valence-corrected chi connectivity index (χ2v) is 10.7. The summed E-state index contributed by atoms with van der Waals surface area (Å²) in [7, 11) is 0. The van der Waals surface area contributed by atoms with Gasteiger partial charge in [0.15, 0.2) is 5.96 Å².